The highest BCUT2D eigenvalue weighted by Crippen LogP contribution is 2.33. The molecule has 0 amide bonds. The Balaban J connectivity index is 2.07. The molecule has 86 valence electrons. The highest BCUT2D eigenvalue weighted by Gasteiger charge is 2.25. The number of nitro groups is 1. The smallest absolute Gasteiger partial charge is 0.271 e. The Morgan fingerprint density at radius 2 is 2.19 bits per heavy atom. The Morgan fingerprint density at radius 1 is 1.50 bits per heavy atom. The van der Waals surface area contributed by atoms with Crippen LogP contribution in [0.1, 0.15) is 19.8 Å². The molecule has 1 saturated carbocycles. The van der Waals surface area contributed by atoms with Crippen LogP contribution in [0, 0.1) is 16.0 Å². The first-order valence-electron chi connectivity index (χ1n) is 5.26. The van der Waals surface area contributed by atoms with Crippen LogP contribution in [0.5, 0.6) is 0 Å². The van der Waals surface area contributed by atoms with E-state index in [9.17, 15) is 10.1 Å². The molecule has 1 aromatic carbocycles. The number of halogens is 1. The van der Waals surface area contributed by atoms with Crippen LogP contribution >= 0.6 is 11.6 Å². The van der Waals surface area contributed by atoms with E-state index in [1.807, 2.05) is 0 Å². The van der Waals surface area contributed by atoms with E-state index in [1.54, 1.807) is 6.07 Å². The first-order chi connectivity index (χ1) is 7.56. The van der Waals surface area contributed by atoms with E-state index >= 15 is 0 Å². The van der Waals surface area contributed by atoms with Gasteiger partial charge in [-0.2, -0.15) is 0 Å². The molecule has 0 unspecified atom stereocenters. The third-order valence-electron chi connectivity index (χ3n) is 2.90. The Labute approximate surface area is 98.8 Å². The Hall–Kier alpha value is -1.29. The summed E-state index contributed by atoms with van der Waals surface area (Å²) < 4.78 is 0. The third-order valence-corrected chi connectivity index (χ3v) is 3.21. The molecule has 5 heteroatoms. The van der Waals surface area contributed by atoms with Gasteiger partial charge in [0.25, 0.3) is 5.69 Å². The van der Waals surface area contributed by atoms with Crippen LogP contribution in [0.2, 0.25) is 5.02 Å². The van der Waals surface area contributed by atoms with Crippen LogP contribution in [-0.2, 0) is 0 Å². The van der Waals surface area contributed by atoms with Crippen LogP contribution in [-0.4, -0.2) is 11.0 Å². The van der Waals surface area contributed by atoms with Gasteiger partial charge >= 0.3 is 0 Å². The Morgan fingerprint density at radius 3 is 2.69 bits per heavy atom. The lowest BCUT2D eigenvalue weighted by atomic mass is 9.82. The first kappa shape index (κ1) is 11.2. The van der Waals surface area contributed by atoms with Crippen molar-refractivity contribution in [3.63, 3.8) is 0 Å². The topological polar surface area (TPSA) is 55.2 Å². The van der Waals surface area contributed by atoms with Crippen molar-refractivity contribution in [3.05, 3.63) is 33.3 Å². The van der Waals surface area contributed by atoms with E-state index in [1.165, 1.54) is 12.1 Å². The number of hydrogen-bond donors (Lipinski definition) is 1. The maximum atomic E-state index is 10.5. The molecule has 0 aliphatic heterocycles. The molecule has 0 heterocycles. The van der Waals surface area contributed by atoms with E-state index in [4.69, 9.17) is 11.6 Å². The lowest BCUT2D eigenvalue weighted by Gasteiger charge is -2.34. The lowest BCUT2D eigenvalue weighted by molar-refractivity contribution is -0.384. The van der Waals surface area contributed by atoms with Gasteiger partial charge in [0.2, 0.25) is 0 Å². The number of hydrogen-bond acceptors (Lipinski definition) is 3. The summed E-state index contributed by atoms with van der Waals surface area (Å²) >= 11 is 5.97. The second-order valence-electron chi connectivity index (χ2n) is 4.34. The maximum absolute atomic E-state index is 10.5. The molecule has 1 N–H and O–H groups in total. The van der Waals surface area contributed by atoms with Crippen molar-refractivity contribution < 1.29 is 4.92 Å². The van der Waals surface area contributed by atoms with E-state index in [2.05, 4.69) is 12.2 Å². The molecule has 0 spiro atoms. The van der Waals surface area contributed by atoms with Crippen LogP contribution < -0.4 is 5.32 Å². The van der Waals surface area contributed by atoms with Crippen molar-refractivity contribution in [3.8, 4) is 0 Å². The van der Waals surface area contributed by atoms with Crippen LogP contribution in [0.15, 0.2) is 18.2 Å². The molecule has 0 radical (unpaired) electrons. The molecule has 1 aromatic rings. The van der Waals surface area contributed by atoms with Crippen LogP contribution in [0.4, 0.5) is 11.4 Å². The lowest BCUT2D eigenvalue weighted by Crippen LogP contribution is -2.33. The summed E-state index contributed by atoms with van der Waals surface area (Å²) in [5.41, 5.74) is 0.807. The van der Waals surface area contributed by atoms with E-state index in [0.717, 1.165) is 24.4 Å². The second-order valence-corrected chi connectivity index (χ2v) is 4.75. The van der Waals surface area contributed by atoms with Crippen molar-refractivity contribution in [2.24, 2.45) is 5.92 Å². The van der Waals surface area contributed by atoms with Gasteiger partial charge in [-0.1, -0.05) is 18.5 Å². The molecular formula is C11H13ClN2O2. The van der Waals surface area contributed by atoms with Gasteiger partial charge in [-0.05, 0) is 24.8 Å². The molecule has 1 aliphatic carbocycles. The zero-order valence-electron chi connectivity index (χ0n) is 8.94. The molecular weight excluding hydrogens is 228 g/mol. The normalized spacial score (nSPS) is 23.6. The number of benzene rings is 1. The highest BCUT2D eigenvalue weighted by atomic mass is 35.5. The first-order valence-corrected chi connectivity index (χ1v) is 5.64. The summed E-state index contributed by atoms with van der Waals surface area (Å²) in [7, 11) is 0. The Bertz CT molecular complexity index is 416. The fourth-order valence-corrected chi connectivity index (χ4v) is 2.20. The molecule has 0 aromatic heterocycles. The summed E-state index contributed by atoms with van der Waals surface area (Å²) in [4.78, 5) is 10.1. The number of nitrogens with zero attached hydrogens (tertiary/aromatic N) is 1. The summed E-state index contributed by atoms with van der Waals surface area (Å²) in [6, 6.07) is 4.97. The summed E-state index contributed by atoms with van der Waals surface area (Å²) in [5, 5.41) is 14.2. The van der Waals surface area contributed by atoms with Crippen LogP contribution in [0.25, 0.3) is 0 Å². The van der Waals surface area contributed by atoms with Gasteiger partial charge in [0, 0.05) is 18.2 Å². The minimum absolute atomic E-state index is 0.0255. The fraction of sp³-hybridized carbons (Fsp3) is 0.455. The molecule has 2 rings (SSSR count). The van der Waals surface area contributed by atoms with Gasteiger partial charge in [0.05, 0.1) is 15.6 Å². The zero-order chi connectivity index (χ0) is 11.7. The molecule has 16 heavy (non-hydrogen) atoms. The fourth-order valence-electron chi connectivity index (χ4n) is 1.97. The summed E-state index contributed by atoms with van der Waals surface area (Å²) in [6.07, 6.45) is 2.26. The highest BCUT2D eigenvalue weighted by molar-refractivity contribution is 6.33. The van der Waals surface area contributed by atoms with Gasteiger partial charge in [-0.15, -0.1) is 0 Å². The van der Waals surface area contributed by atoms with Crippen molar-refractivity contribution in [2.45, 2.75) is 25.8 Å². The minimum Gasteiger partial charge on any atom is -0.381 e. The molecule has 1 fully saturated rings. The molecule has 0 saturated heterocycles. The van der Waals surface area contributed by atoms with Gasteiger partial charge in [0.15, 0.2) is 0 Å². The number of nitro benzene ring substituents is 1. The molecule has 0 bridgehead atoms. The number of anilines is 1. The number of nitrogens with one attached hydrogen (secondary N) is 1. The van der Waals surface area contributed by atoms with Crippen molar-refractivity contribution in [1.82, 2.24) is 0 Å². The quantitative estimate of drug-likeness (QED) is 0.650. The Kier molecular flexibility index (Phi) is 3.01. The third kappa shape index (κ3) is 2.27. The standard InChI is InChI=1S/C11H13ClN2O2/c1-7-4-8(5-7)13-11-3-2-9(14(15)16)6-10(11)12/h2-3,6-8,13H,4-5H2,1H3. The average molecular weight is 241 g/mol. The summed E-state index contributed by atoms with van der Waals surface area (Å²) in [5.74, 6) is 0.759. The predicted molar refractivity (Wildman–Crippen MR) is 63.9 cm³/mol. The maximum Gasteiger partial charge on any atom is 0.271 e. The minimum atomic E-state index is -0.443. The second kappa shape index (κ2) is 4.29. The van der Waals surface area contributed by atoms with Crippen LogP contribution in [0.3, 0.4) is 0 Å². The van der Waals surface area contributed by atoms with E-state index < -0.39 is 4.92 Å². The van der Waals surface area contributed by atoms with Gasteiger partial charge < -0.3 is 5.32 Å². The molecule has 4 nitrogen and oxygen atoms in total. The number of rotatable bonds is 3. The number of non-ortho nitro benzene ring substituents is 1. The van der Waals surface area contributed by atoms with Crippen molar-refractivity contribution in [1.29, 1.82) is 0 Å². The molecule has 0 atom stereocenters. The van der Waals surface area contributed by atoms with Gasteiger partial charge in [0.1, 0.15) is 0 Å². The van der Waals surface area contributed by atoms with E-state index in [0.29, 0.717) is 11.1 Å². The molecule has 1 aliphatic rings. The largest absolute Gasteiger partial charge is 0.381 e. The zero-order valence-corrected chi connectivity index (χ0v) is 9.70. The SMILES string of the molecule is CC1CC(Nc2ccc([N+](=O)[O-])cc2Cl)C1. The predicted octanol–water partition coefficient (Wildman–Crippen LogP) is 3.46. The summed E-state index contributed by atoms with van der Waals surface area (Å²) in [6.45, 7) is 2.20. The average Bonchev–Trinajstić information content (AvgIpc) is 2.18. The van der Waals surface area contributed by atoms with Gasteiger partial charge in [-0.3, -0.25) is 10.1 Å². The van der Waals surface area contributed by atoms with Crippen molar-refractivity contribution in [2.75, 3.05) is 5.32 Å². The van der Waals surface area contributed by atoms with Gasteiger partial charge in [-0.25, -0.2) is 0 Å². The van der Waals surface area contributed by atoms with Crippen molar-refractivity contribution >= 4 is 23.0 Å². The monoisotopic (exact) mass is 240 g/mol. The van der Waals surface area contributed by atoms with E-state index in [-0.39, 0.29) is 5.69 Å².